The van der Waals surface area contributed by atoms with Crippen molar-refractivity contribution in [1.82, 2.24) is 0 Å². The standard InChI is InChI=1S/C11H12FNO3/c1-2-10(11(14)15)13-16-7-8-3-5-9(12)6-4-8/h3-6H,2,7H2,1H3,(H,14,15). The molecule has 0 heterocycles. The summed E-state index contributed by atoms with van der Waals surface area (Å²) in [6, 6.07) is 5.72. The minimum absolute atomic E-state index is 0.0397. The Morgan fingerprint density at radius 2 is 2.06 bits per heavy atom. The van der Waals surface area contributed by atoms with Crippen LogP contribution in [-0.2, 0) is 16.2 Å². The minimum Gasteiger partial charge on any atom is -0.477 e. The number of nitrogens with zero attached hydrogens (tertiary/aromatic N) is 1. The number of rotatable bonds is 5. The van der Waals surface area contributed by atoms with Gasteiger partial charge in [-0.15, -0.1) is 0 Å². The summed E-state index contributed by atoms with van der Waals surface area (Å²) in [6.45, 7) is 1.80. The average Bonchev–Trinajstić information content (AvgIpc) is 2.26. The molecule has 0 unspecified atom stereocenters. The van der Waals surface area contributed by atoms with Crippen molar-refractivity contribution in [3.05, 3.63) is 35.6 Å². The highest BCUT2D eigenvalue weighted by molar-refractivity contribution is 6.35. The lowest BCUT2D eigenvalue weighted by Crippen LogP contribution is -2.11. The Balaban J connectivity index is 2.52. The smallest absolute Gasteiger partial charge is 0.353 e. The van der Waals surface area contributed by atoms with Crippen LogP contribution < -0.4 is 0 Å². The highest BCUT2D eigenvalue weighted by Crippen LogP contribution is 2.04. The fraction of sp³-hybridized carbons (Fsp3) is 0.273. The quantitative estimate of drug-likeness (QED) is 0.617. The molecule has 1 N–H and O–H groups in total. The van der Waals surface area contributed by atoms with E-state index in [9.17, 15) is 9.18 Å². The fourth-order valence-electron chi connectivity index (χ4n) is 1.02. The summed E-state index contributed by atoms with van der Waals surface area (Å²) in [5, 5.41) is 12.1. The topological polar surface area (TPSA) is 58.9 Å². The second-order valence-corrected chi connectivity index (χ2v) is 3.10. The van der Waals surface area contributed by atoms with E-state index in [1.165, 1.54) is 12.1 Å². The maximum absolute atomic E-state index is 12.6. The first-order valence-corrected chi connectivity index (χ1v) is 4.80. The lowest BCUT2D eigenvalue weighted by Gasteiger charge is -2.01. The Kier molecular flexibility index (Phi) is 4.44. The summed E-state index contributed by atoms with van der Waals surface area (Å²) >= 11 is 0. The van der Waals surface area contributed by atoms with Crippen LogP contribution in [0, 0.1) is 5.82 Å². The van der Waals surface area contributed by atoms with Crippen LogP contribution in [0.5, 0.6) is 0 Å². The van der Waals surface area contributed by atoms with Crippen LogP contribution in [0.25, 0.3) is 0 Å². The predicted molar refractivity (Wildman–Crippen MR) is 56.6 cm³/mol. The number of hydrogen-bond donors (Lipinski definition) is 1. The van der Waals surface area contributed by atoms with Crippen LogP contribution in [-0.4, -0.2) is 16.8 Å². The molecular weight excluding hydrogens is 213 g/mol. The number of hydrogen-bond acceptors (Lipinski definition) is 3. The molecule has 16 heavy (non-hydrogen) atoms. The van der Waals surface area contributed by atoms with Gasteiger partial charge in [0.2, 0.25) is 0 Å². The Morgan fingerprint density at radius 1 is 1.44 bits per heavy atom. The Hall–Kier alpha value is -1.91. The van der Waals surface area contributed by atoms with Gasteiger partial charge in [0.1, 0.15) is 12.4 Å². The zero-order chi connectivity index (χ0) is 12.0. The van der Waals surface area contributed by atoms with E-state index in [0.717, 1.165) is 5.56 Å². The molecule has 0 aliphatic heterocycles. The van der Waals surface area contributed by atoms with Crippen molar-refractivity contribution in [2.75, 3.05) is 0 Å². The van der Waals surface area contributed by atoms with Crippen molar-refractivity contribution in [1.29, 1.82) is 0 Å². The van der Waals surface area contributed by atoms with Gasteiger partial charge >= 0.3 is 5.97 Å². The third kappa shape index (κ3) is 3.68. The number of carbonyl (C=O) groups is 1. The zero-order valence-corrected chi connectivity index (χ0v) is 8.81. The average molecular weight is 225 g/mol. The molecule has 1 aromatic carbocycles. The van der Waals surface area contributed by atoms with Crippen LogP contribution in [0.4, 0.5) is 4.39 Å². The first-order valence-electron chi connectivity index (χ1n) is 4.80. The molecule has 0 spiro atoms. The fourth-order valence-corrected chi connectivity index (χ4v) is 1.02. The number of carboxylic acid groups (broad SMARTS) is 1. The highest BCUT2D eigenvalue weighted by atomic mass is 19.1. The Labute approximate surface area is 92.3 Å². The van der Waals surface area contributed by atoms with Crippen LogP contribution in [0.3, 0.4) is 0 Å². The number of carboxylic acids is 1. The van der Waals surface area contributed by atoms with Crippen molar-refractivity contribution in [2.24, 2.45) is 5.16 Å². The summed E-state index contributed by atoms with van der Waals surface area (Å²) in [4.78, 5) is 15.4. The molecule has 0 aromatic heterocycles. The van der Waals surface area contributed by atoms with E-state index in [-0.39, 0.29) is 18.1 Å². The SMILES string of the molecule is CCC(=NOCc1ccc(F)cc1)C(=O)O. The third-order valence-corrected chi connectivity index (χ3v) is 1.90. The van der Waals surface area contributed by atoms with E-state index in [4.69, 9.17) is 9.94 Å². The predicted octanol–water partition coefficient (Wildman–Crippen LogP) is 2.19. The van der Waals surface area contributed by atoms with Gasteiger partial charge in [0.15, 0.2) is 5.71 Å². The second-order valence-electron chi connectivity index (χ2n) is 3.10. The molecule has 0 aliphatic rings. The monoisotopic (exact) mass is 225 g/mol. The third-order valence-electron chi connectivity index (χ3n) is 1.90. The Morgan fingerprint density at radius 3 is 2.56 bits per heavy atom. The van der Waals surface area contributed by atoms with Gasteiger partial charge in [-0.1, -0.05) is 24.2 Å². The molecule has 0 atom stereocenters. The number of oxime groups is 1. The second kappa shape index (κ2) is 5.85. The molecule has 0 amide bonds. The van der Waals surface area contributed by atoms with E-state index >= 15 is 0 Å². The van der Waals surface area contributed by atoms with Crippen molar-refractivity contribution in [3.8, 4) is 0 Å². The van der Waals surface area contributed by atoms with E-state index < -0.39 is 5.97 Å². The van der Waals surface area contributed by atoms with Gasteiger partial charge in [0, 0.05) is 0 Å². The largest absolute Gasteiger partial charge is 0.477 e. The van der Waals surface area contributed by atoms with Crippen LogP contribution in [0.15, 0.2) is 29.4 Å². The van der Waals surface area contributed by atoms with Gasteiger partial charge in [-0.25, -0.2) is 9.18 Å². The molecule has 0 bridgehead atoms. The normalized spacial score (nSPS) is 11.2. The number of halogens is 1. The molecular formula is C11H12FNO3. The van der Waals surface area contributed by atoms with Gasteiger partial charge in [-0.05, 0) is 24.1 Å². The van der Waals surface area contributed by atoms with Gasteiger partial charge in [0.05, 0.1) is 0 Å². The maximum Gasteiger partial charge on any atom is 0.353 e. The zero-order valence-electron chi connectivity index (χ0n) is 8.81. The molecule has 0 saturated carbocycles. The molecule has 1 rings (SSSR count). The lowest BCUT2D eigenvalue weighted by molar-refractivity contribution is -0.129. The minimum atomic E-state index is -1.10. The summed E-state index contributed by atoms with van der Waals surface area (Å²) in [7, 11) is 0. The van der Waals surface area contributed by atoms with Crippen LogP contribution in [0.1, 0.15) is 18.9 Å². The van der Waals surface area contributed by atoms with E-state index in [1.54, 1.807) is 19.1 Å². The molecule has 5 heteroatoms. The van der Waals surface area contributed by atoms with Gasteiger partial charge in [0.25, 0.3) is 0 Å². The molecule has 0 aliphatic carbocycles. The highest BCUT2D eigenvalue weighted by Gasteiger charge is 2.06. The van der Waals surface area contributed by atoms with Crippen LogP contribution >= 0.6 is 0 Å². The van der Waals surface area contributed by atoms with Crippen molar-refractivity contribution in [2.45, 2.75) is 20.0 Å². The molecule has 1 aromatic rings. The molecule has 0 fully saturated rings. The molecule has 0 radical (unpaired) electrons. The van der Waals surface area contributed by atoms with Crippen molar-refractivity contribution in [3.63, 3.8) is 0 Å². The summed E-state index contributed by atoms with van der Waals surface area (Å²) in [5.41, 5.74) is 0.688. The first kappa shape index (κ1) is 12.2. The molecule has 86 valence electrons. The summed E-state index contributed by atoms with van der Waals surface area (Å²) in [6.07, 6.45) is 0.290. The van der Waals surface area contributed by atoms with E-state index in [2.05, 4.69) is 5.16 Å². The maximum atomic E-state index is 12.6. The van der Waals surface area contributed by atoms with Gasteiger partial charge < -0.3 is 9.94 Å². The van der Waals surface area contributed by atoms with Gasteiger partial charge in [-0.2, -0.15) is 0 Å². The first-order chi connectivity index (χ1) is 7.63. The van der Waals surface area contributed by atoms with Crippen molar-refractivity contribution >= 4 is 11.7 Å². The lowest BCUT2D eigenvalue weighted by atomic mass is 10.2. The van der Waals surface area contributed by atoms with E-state index in [1.807, 2.05) is 0 Å². The summed E-state index contributed by atoms with van der Waals surface area (Å²) in [5.74, 6) is -1.42. The van der Waals surface area contributed by atoms with Crippen molar-refractivity contribution < 1.29 is 19.1 Å². The molecule has 0 saturated heterocycles. The van der Waals surface area contributed by atoms with Crippen LogP contribution in [0.2, 0.25) is 0 Å². The number of benzene rings is 1. The molecule has 4 nitrogen and oxygen atoms in total. The van der Waals surface area contributed by atoms with E-state index in [0.29, 0.717) is 6.42 Å². The summed E-state index contributed by atoms with van der Waals surface area (Å²) < 4.78 is 12.6. The number of aliphatic carboxylic acids is 1. The Bertz CT molecular complexity index is 387. The van der Waals surface area contributed by atoms with Gasteiger partial charge in [-0.3, -0.25) is 0 Å².